The Balaban J connectivity index is 1.17. The van der Waals surface area contributed by atoms with Gasteiger partial charge in [0.15, 0.2) is 0 Å². The van der Waals surface area contributed by atoms with Crippen LogP contribution in [-0.2, 0) is 5.41 Å². The van der Waals surface area contributed by atoms with E-state index < -0.39 is 5.41 Å². The number of nitrogens with zero attached hydrogens (tertiary/aromatic N) is 2. The lowest BCUT2D eigenvalue weighted by atomic mass is 9.69. The molecule has 2 nitrogen and oxygen atoms in total. The molecule has 2 aliphatic carbocycles. The van der Waals surface area contributed by atoms with Gasteiger partial charge < -0.3 is 9.80 Å². The highest BCUT2D eigenvalue weighted by atomic mass is 15.2. The summed E-state index contributed by atoms with van der Waals surface area (Å²) >= 11 is 0. The van der Waals surface area contributed by atoms with Gasteiger partial charge in [-0.05, 0) is 128 Å². The van der Waals surface area contributed by atoms with E-state index in [0.717, 1.165) is 28.4 Å². The van der Waals surface area contributed by atoms with E-state index in [2.05, 4.69) is 252 Å². The molecule has 0 radical (unpaired) electrons. The topological polar surface area (TPSA) is 6.48 Å². The predicted octanol–water partition coefficient (Wildman–Crippen LogP) is 15.8. The predicted molar refractivity (Wildman–Crippen MR) is 255 cm³/mol. The van der Waals surface area contributed by atoms with Crippen LogP contribution in [0.3, 0.4) is 0 Å². The highest BCUT2D eigenvalue weighted by Gasteiger charge is 2.54. The maximum absolute atomic E-state index is 2.49. The molecule has 1 atom stereocenters. The Morgan fingerprint density at radius 2 is 0.754 bits per heavy atom. The molecule has 0 saturated carbocycles. The lowest BCUT2D eigenvalue weighted by Gasteiger charge is -2.36. The van der Waals surface area contributed by atoms with Crippen molar-refractivity contribution in [3.63, 3.8) is 0 Å². The fourth-order valence-corrected chi connectivity index (χ4v) is 10.3. The molecular weight excluding hydrogens is 737 g/mol. The summed E-state index contributed by atoms with van der Waals surface area (Å²) in [7, 11) is 0. The van der Waals surface area contributed by atoms with Crippen LogP contribution in [0.2, 0.25) is 0 Å². The largest absolute Gasteiger partial charge is 0.310 e. The molecule has 0 saturated heterocycles. The summed E-state index contributed by atoms with van der Waals surface area (Å²) in [5, 5.41) is 2.48. The van der Waals surface area contributed by atoms with Crippen molar-refractivity contribution in [1.82, 2.24) is 0 Å². The second-order valence-corrected chi connectivity index (χ2v) is 16.0. The summed E-state index contributed by atoms with van der Waals surface area (Å²) in [6.07, 6.45) is 0. The maximum Gasteiger partial charge on any atom is 0.0747 e. The molecule has 10 aromatic carbocycles. The minimum Gasteiger partial charge on any atom is -0.310 e. The van der Waals surface area contributed by atoms with Crippen molar-refractivity contribution >= 4 is 44.9 Å². The molecule has 12 rings (SSSR count). The second kappa shape index (κ2) is 14.1. The Hall–Kier alpha value is -7.94. The van der Waals surface area contributed by atoms with Gasteiger partial charge in [-0.25, -0.2) is 0 Å². The van der Waals surface area contributed by atoms with E-state index in [-0.39, 0.29) is 0 Å². The van der Waals surface area contributed by atoms with Crippen LogP contribution >= 0.6 is 0 Å². The number of hydrogen-bond donors (Lipinski definition) is 0. The smallest absolute Gasteiger partial charge is 0.0747 e. The van der Waals surface area contributed by atoms with Crippen LogP contribution < -0.4 is 9.80 Å². The van der Waals surface area contributed by atoms with E-state index in [1.165, 1.54) is 72.1 Å². The Labute approximate surface area is 356 Å². The lowest BCUT2D eigenvalue weighted by molar-refractivity contribution is 0.793. The van der Waals surface area contributed by atoms with E-state index in [0.29, 0.717) is 0 Å². The van der Waals surface area contributed by atoms with Crippen molar-refractivity contribution in [3.8, 4) is 33.4 Å². The minimum absolute atomic E-state index is 0.630. The van der Waals surface area contributed by atoms with Crippen LogP contribution in [0.5, 0.6) is 0 Å². The molecular formula is C59H40N2. The number of hydrogen-bond acceptors (Lipinski definition) is 2. The van der Waals surface area contributed by atoms with Gasteiger partial charge in [-0.15, -0.1) is 0 Å². The molecule has 0 fully saturated rings. The summed E-state index contributed by atoms with van der Waals surface area (Å²) in [5.41, 5.74) is 18.8. The third-order valence-electron chi connectivity index (χ3n) is 12.8. The quantitative estimate of drug-likeness (QED) is 0.159. The van der Waals surface area contributed by atoms with E-state index in [9.17, 15) is 0 Å². The zero-order valence-corrected chi connectivity index (χ0v) is 33.5. The van der Waals surface area contributed by atoms with Gasteiger partial charge >= 0.3 is 0 Å². The number of anilines is 6. The fourth-order valence-electron chi connectivity index (χ4n) is 10.3. The summed E-state index contributed by atoms with van der Waals surface area (Å²) in [6.45, 7) is 0. The van der Waals surface area contributed by atoms with E-state index in [1.807, 2.05) is 0 Å². The average molecular weight is 777 g/mol. The van der Waals surface area contributed by atoms with Gasteiger partial charge in [0, 0.05) is 34.0 Å². The Kier molecular flexibility index (Phi) is 8.11. The average Bonchev–Trinajstić information content (AvgIpc) is 3.81. The van der Waals surface area contributed by atoms with Crippen molar-refractivity contribution in [2.45, 2.75) is 5.41 Å². The Morgan fingerprint density at radius 3 is 1.41 bits per heavy atom. The van der Waals surface area contributed by atoms with Crippen LogP contribution in [0.25, 0.3) is 44.2 Å². The van der Waals surface area contributed by atoms with Crippen LogP contribution in [0.15, 0.2) is 243 Å². The molecule has 0 aliphatic heterocycles. The Morgan fingerprint density at radius 1 is 0.295 bits per heavy atom. The van der Waals surface area contributed by atoms with Gasteiger partial charge in [-0.1, -0.05) is 176 Å². The zero-order chi connectivity index (χ0) is 40.3. The Bertz CT molecular complexity index is 3190. The molecule has 2 heteroatoms. The van der Waals surface area contributed by atoms with E-state index in [1.54, 1.807) is 0 Å². The lowest BCUT2D eigenvalue weighted by Crippen LogP contribution is -2.28. The molecule has 0 heterocycles. The standard InChI is InChI=1S/C59H40N2/c1-5-19-41(20-6-1)42-33-35-47(36-34-42)60(44-22-7-2-8-23-44)48-37-38-51-50-29-15-17-31-53(50)59(55(51)40-48)54-32-18-16-30-52(54)57-49-28-14-13-21-43(49)39-56(58(57)59)61(45-24-9-3-10-25-45)46-26-11-4-12-27-46/h1-40H. The number of rotatable bonds is 7. The first kappa shape index (κ1) is 35.0. The van der Waals surface area contributed by atoms with Crippen molar-refractivity contribution in [3.05, 3.63) is 265 Å². The molecule has 1 spiro atoms. The van der Waals surface area contributed by atoms with Gasteiger partial charge in [-0.2, -0.15) is 0 Å². The number of para-hydroxylation sites is 3. The van der Waals surface area contributed by atoms with Gasteiger partial charge in [-0.3, -0.25) is 0 Å². The van der Waals surface area contributed by atoms with Gasteiger partial charge in [0.05, 0.1) is 11.1 Å². The van der Waals surface area contributed by atoms with Crippen molar-refractivity contribution in [2.75, 3.05) is 9.80 Å². The van der Waals surface area contributed by atoms with Crippen molar-refractivity contribution in [2.24, 2.45) is 0 Å². The SMILES string of the molecule is c1ccc(-c2ccc(N(c3ccccc3)c3ccc4c(c3)C3(c5ccccc5-4)c4ccccc4-c4c3c(N(c3ccccc3)c3ccccc3)cc3ccccc43)cc2)cc1. The maximum atomic E-state index is 2.49. The third-order valence-corrected chi connectivity index (χ3v) is 12.8. The van der Waals surface area contributed by atoms with Crippen molar-refractivity contribution in [1.29, 1.82) is 0 Å². The molecule has 0 aromatic heterocycles. The first-order valence-corrected chi connectivity index (χ1v) is 21.1. The van der Waals surface area contributed by atoms with Crippen LogP contribution in [0.4, 0.5) is 34.1 Å². The number of fused-ring (bicyclic) bond motifs is 12. The fraction of sp³-hybridized carbons (Fsp3) is 0.0169. The molecule has 286 valence electrons. The summed E-state index contributed by atoms with van der Waals surface area (Å²) in [5.74, 6) is 0. The van der Waals surface area contributed by atoms with Crippen molar-refractivity contribution < 1.29 is 0 Å². The van der Waals surface area contributed by atoms with E-state index >= 15 is 0 Å². The summed E-state index contributed by atoms with van der Waals surface area (Å²) in [4.78, 5) is 4.89. The monoisotopic (exact) mass is 776 g/mol. The van der Waals surface area contributed by atoms with Crippen LogP contribution in [0.1, 0.15) is 22.3 Å². The zero-order valence-electron chi connectivity index (χ0n) is 33.5. The second-order valence-electron chi connectivity index (χ2n) is 16.0. The van der Waals surface area contributed by atoms with Gasteiger partial charge in [0.25, 0.3) is 0 Å². The minimum atomic E-state index is -0.630. The summed E-state index contributed by atoms with van der Waals surface area (Å²) in [6, 6.07) is 89.0. The first-order chi connectivity index (χ1) is 30.3. The van der Waals surface area contributed by atoms with Crippen LogP contribution in [0, 0.1) is 0 Å². The molecule has 1 unspecified atom stereocenters. The molecule has 0 amide bonds. The number of benzene rings is 10. The molecule has 0 bridgehead atoms. The highest BCUT2D eigenvalue weighted by molar-refractivity contribution is 6.10. The van der Waals surface area contributed by atoms with Gasteiger partial charge in [0.1, 0.15) is 0 Å². The molecule has 61 heavy (non-hydrogen) atoms. The molecule has 0 N–H and O–H groups in total. The van der Waals surface area contributed by atoms with E-state index in [4.69, 9.17) is 0 Å². The summed E-state index contributed by atoms with van der Waals surface area (Å²) < 4.78 is 0. The van der Waals surface area contributed by atoms with Gasteiger partial charge in [0.2, 0.25) is 0 Å². The first-order valence-electron chi connectivity index (χ1n) is 21.1. The third kappa shape index (κ3) is 5.36. The normalized spacial score (nSPS) is 14.3. The molecule has 2 aliphatic rings. The van der Waals surface area contributed by atoms with Crippen LogP contribution in [-0.4, -0.2) is 0 Å². The molecule has 10 aromatic rings. The highest BCUT2D eigenvalue weighted by Crippen LogP contribution is 2.67.